The number of aromatic nitrogens is 1. The van der Waals surface area contributed by atoms with Crippen LogP contribution < -0.4 is 4.74 Å². The smallest absolute Gasteiger partial charge is 0.164 e. The van der Waals surface area contributed by atoms with Crippen molar-refractivity contribution in [3.05, 3.63) is 23.2 Å². The van der Waals surface area contributed by atoms with E-state index in [9.17, 15) is 4.39 Å². The summed E-state index contributed by atoms with van der Waals surface area (Å²) in [5.74, 6) is -0.135. The molecule has 0 radical (unpaired) electrons. The molecule has 0 saturated carbocycles. The molecule has 1 rings (SSSR count). The highest BCUT2D eigenvalue weighted by Crippen LogP contribution is 2.16. The minimum absolute atomic E-state index is 0.126. The van der Waals surface area contributed by atoms with Crippen molar-refractivity contribution in [2.75, 3.05) is 6.61 Å². The molecule has 0 atom stereocenters. The molecule has 0 spiro atoms. The van der Waals surface area contributed by atoms with Crippen molar-refractivity contribution in [1.82, 2.24) is 4.98 Å². The maximum atomic E-state index is 12.7. The first-order valence-corrected chi connectivity index (χ1v) is 4.05. The van der Waals surface area contributed by atoms with Gasteiger partial charge in [-0.1, -0.05) is 18.5 Å². The maximum absolute atomic E-state index is 12.7. The van der Waals surface area contributed by atoms with Gasteiger partial charge in [0.2, 0.25) is 0 Å². The molecule has 12 heavy (non-hydrogen) atoms. The van der Waals surface area contributed by atoms with E-state index in [0.717, 1.165) is 6.42 Å². The second kappa shape index (κ2) is 4.26. The van der Waals surface area contributed by atoms with Crippen LogP contribution in [0.3, 0.4) is 0 Å². The minimum atomic E-state index is -0.551. The zero-order valence-corrected chi connectivity index (χ0v) is 7.44. The summed E-state index contributed by atoms with van der Waals surface area (Å²) in [5, 5.41) is -0.126. The van der Waals surface area contributed by atoms with Gasteiger partial charge >= 0.3 is 0 Å². The molecular formula is C8H9ClFNO. The molecule has 0 N–H and O–H groups in total. The molecule has 0 amide bonds. The Morgan fingerprint density at radius 3 is 3.00 bits per heavy atom. The molecule has 0 aromatic carbocycles. The molecule has 66 valence electrons. The van der Waals surface area contributed by atoms with Crippen LogP contribution in [0.2, 0.25) is 5.15 Å². The summed E-state index contributed by atoms with van der Waals surface area (Å²) >= 11 is 5.37. The number of pyridine rings is 1. The summed E-state index contributed by atoms with van der Waals surface area (Å²) in [5.41, 5.74) is 0. The molecule has 1 aromatic rings. The first kappa shape index (κ1) is 9.26. The zero-order chi connectivity index (χ0) is 8.97. The molecule has 0 aliphatic heterocycles. The van der Waals surface area contributed by atoms with E-state index in [-0.39, 0.29) is 5.15 Å². The van der Waals surface area contributed by atoms with Gasteiger partial charge in [-0.3, -0.25) is 0 Å². The van der Waals surface area contributed by atoms with Crippen molar-refractivity contribution in [3.63, 3.8) is 0 Å². The fraction of sp³-hybridized carbons (Fsp3) is 0.375. The van der Waals surface area contributed by atoms with E-state index in [1.165, 1.54) is 12.3 Å². The fourth-order valence-corrected chi connectivity index (χ4v) is 0.806. The van der Waals surface area contributed by atoms with Gasteiger partial charge in [0.05, 0.1) is 12.8 Å². The molecule has 1 aromatic heterocycles. The molecule has 1 heterocycles. The van der Waals surface area contributed by atoms with Crippen LogP contribution >= 0.6 is 11.6 Å². The third-order valence-corrected chi connectivity index (χ3v) is 1.52. The van der Waals surface area contributed by atoms with Crippen LogP contribution in [0.4, 0.5) is 4.39 Å². The van der Waals surface area contributed by atoms with Crippen LogP contribution in [-0.2, 0) is 0 Å². The Kier molecular flexibility index (Phi) is 3.29. The van der Waals surface area contributed by atoms with Crippen LogP contribution in [0.25, 0.3) is 0 Å². The van der Waals surface area contributed by atoms with Crippen molar-refractivity contribution in [2.24, 2.45) is 0 Å². The van der Waals surface area contributed by atoms with E-state index in [1.807, 2.05) is 6.92 Å². The highest BCUT2D eigenvalue weighted by atomic mass is 35.5. The number of nitrogens with zero attached hydrogens (tertiary/aromatic N) is 1. The lowest BCUT2D eigenvalue weighted by atomic mass is 10.4. The summed E-state index contributed by atoms with van der Waals surface area (Å²) in [4.78, 5) is 3.60. The lowest BCUT2D eigenvalue weighted by Crippen LogP contribution is -1.96. The molecule has 0 aliphatic rings. The van der Waals surface area contributed by atoms with Gasteiger partial charge in [0.1, 0.15) is 5.75 Å². The molecule has 0 fully saturated rings. The second-order valence-corrected chi connectivity index (χ2v) is 2.65. The number of hydrogen-bond donors (Lipinski definition) is 0. The maximum Gasteiger partial charge on any atom is 0.164 e. The topological polar surface area (TPSA) is 22.1 Å². The quantitative estimate of drug-likeness (QED) is 0.682. The van der Waals surface area contributed by atoms with Gasteiger partial charge < -0.3 is 4.74 Å². The van der Waals surface area contributed by atoms with Crippen LogP contribution in [0.15, 0.2) is 12.3 Å². The summed E-state index contributed by atoms with van der Waals surface area (Å²) in [6, 6.07) is 1.23. The van der Waals surface area contributed by atoms with Crippen molar-refractivity contribution in [2.45, 2.75) is 13.3 Å². The van der Waals surface area contributed by atoms with Crippen molar-refractivity contribution < 1.29 is 9.13 Å². The van der Waals surface area contributed by atoms with Gasteiger partial charge in [0.15, 0.2) is 11.0 Å². The van der Waals surface area contributed by atoms with Crippen molar-refractivity contribution in [1.29, 1.82) is 0 Å². The zero-order valence-electron chi connectivity index (χ0n) is 6.68. The van der Waals surface area contributed by atoms with Gasteiger partial charge in [-0.15, -0.1) is 0 Å². The van der Waals surface area contributed by atoms with E-state index in [2.05, 4.69) is 4.98 Å². The fourth-order valence-electron chi connectivity index (χ4n) is 0.703. The minimum Gasteiger partial charge on any atom is -0.492 e. The van der Waals surface area contributed by atoms with Crippen LogP contribution in [0.1, 0.15) is 13.3 Å². The van der Waals surface area contributed by atoms with E-state index in [4.69, 9.17) is 16.3 Å². The third-order valence-electron chi connectivity index (χ3n) is 1.24. The number of halogens is 2. The third kappa shape index (κ3) is 2.34. The van der Waals surface area contributed by atoms with Gasteiger partial charge in [-0.2, -0.15) is 0 Å². The van der Waals surface area contributed by atoms with E-state index in [1.54, 1.807) is 0 Å². The first-order chi connectivity index (χ1) is 5.74. The average Bonchev–Trinajstić information content (AvgIpc) is 2.07. The van der Waals surface area contributed by atoms with Crippen LogP contribution in [0.5, 0.6) is 5.75 Å². The Bertz CT molecular complexity index is 267. The average molecular weight is 190 g/mol. The van der Waals surface area contributed by atoms with Crippen molar-refractivity contribution in [3.8, 4) is 5.75 Å². The molecule has 0 saturated heterocycles. The molecule has 0 aliphatic carbocycles. The Morgan fingerprint density at radius 1 is 1.67 bits per heavy atom. The SMILES string of the molecule is CCCOc1cnc(Cl)c(F)c1. The normalized spacial score (nSPS) is 9.92. The molecule has 2 nitrogen and oxygen atoms in total. The predicted molar refractivity (Wildman–Crippen MR) is 45.0 cm³/mol. The predicted octanol–water partition coefficient (Wildman–Crippen LogP) is 2.66. The first-order valence-electron chi connectivity index (χ1n) is 3.68. The standard InChI is InChI=1S/C8H9ClFNO/c1-2-3-12-6-4-7(10)8(9)11-5-6/h4-5H,2-3H2,1H3. The number of ether oxygens (including phenoxy) is 1. The lowest BCUT2D eigenvalue weighted by molar-refractivity contribution is 0.314. The summed E-state index contributed by atoms with van der Waals surface area (Å²) in [6.45, 7) is 2.53. The summed E-state index contributed by atoms with van der Waals surface area (Å²) in [6.07, 6.45) is 2.28. The monoisotopic (exact) mass is 189 g/mol. The highest BCUT2D eigenvalue weighted by molar-refractivity contribution is 6.29. The molecule has 4 heteroatoms. The molecule has 0 bridgehead atoms. The second-order valence-electron chi connectivity index (χ2n) is 2.29. The van der Waals surface area contributed by atoms with E-state index < -0.39 is 5.82 Å². The van der Waals surface area contributed by atoms with Gasteiger partial charge in [0, 0.05) is 6.07 Å². The number of hydrogen-bond acceptors (Lipinski definition) is 2. The molecule has 0 unspecified atom stereocenters. The van der Waals surface area contributed by atoms with Crippen LogP contribution in [-0.4, -0.2) is 11.6 Å². The summed E-state index contributed by atoms with van der Waals surface area (Å²) < 4.78 is 17.9. The van der Waals surface area contributed by atoms with Gasteiger partial charge in [0.25, 0.3) is 0 Å². The Labute approximate surface area is 75.3 Å². The van der Waals surface area contributed by atoms with Gasteiger partial charge in [-0.25, -0.2) is 9.37 Å². The van der Waals surface area contributed by atoms with Crippen LogP contribution in [0, 0.1) is 5.82 Å². The summed E-state index contributed by atoms with van der Waals surface area (Å²) in [7, 11) is 0. The highest BCUT2D eigenvalue weighted by Gasteiger charge is 2.02. The Hall–Kier alpha value is -0.830. The number of rotatable bonds is 3. The van der Waals surface area contributed by atoms with Crippen molar-refractivity contribution >= 4 is 11.6 Å². The lowest BCUT2D eigenvalue weighted by Gasteiger charge is -2.03. The largest absolute Gasteiger partial charge is 0.492 e. The Balaban J connectivity index is 2.69. The Morgan fingerprint density at radius 2 is 2.42 bits per heavy atom. The van der Waals surface area contributed by atoms with E-state index >= 15 is 0 Å². The van der Waals surface area contributed by atoms with Gasteiger partial charge in [-0.05, 0) is 6.42 Å². The molecular weight excluding hydrogens is 181 g/mol. The van der Waals surface area contributed by atoms with E-state index in [0.29, 0.717) is 12.4 Å².